The maximum atomic E-state index is 13.9. The molecule has 1 fully saturated rings. The summed E-state index contributed by atoms with van der Waals surface area (Å²) in [4.78, 5) is 57.3. The van der Waals surface area contributed by atoms with Gasteiger partial charge < -0.3 is 25.4 Å². The summed E-state index contributed by atoms with van der Waals surface area (Å²) in [5.74, 6) is -1.12. The van der Waals surface area contributed by atoms with Crippen LogP contribution >= 0.6 is 0 Å². The quantitative estimate of drug-likeness (QED) is 0.486. The monoisotopic (exact) mass is 536 g/mol. The van der Waals surface area contributed by atoms with E-state index in [9.17, 15) is 19.2 Å². The van der Waals surface area contributed by atoms with Crippen molar-refractivity contribution in [2.24, 2.45) is 16.3 Å². The van der Waals surface area contributed by atoms with Crippen LogP contribution in [-0.2, 0) is 25.5 Å². The fourth-order valence-corrected chi connectivity index (χ4v) is 4.84. The number of likely N-dealkylation sites (tertiary alicyclic amines) is 1. The third-order valence-electron chi connectivity index (χ3n) is 6.81. The van der Waals surface area contributed by atoms with Crippen LogP contribution in [0.4, 0.5) is 4.79 Å². The molecule has 1 aromatic heterocycles. The van der Waals surface area contributed by atoms with Gasteiger partial charge in [-0.3, -0.25) is 14.4 Å². The first-order valence-corrected chi connectivity index (χ1v) is 12.5. The third kappa shape index (κ3) is 6.00. The number of pyridine rings is 1. The number of carbonyl (C=O) groups excluding carboxylic acids is 4. The molecule has 0 unspecified atom stereocenters. The van der Waals surface area contributed by atoms with Crippen LogP contribution in [0, 0.1) is 5.41 Å². The number of hydrogen-bond donors (Lipinski definition) is 2. The molecular weight excluding hydrogens is 504 g/mol. The number of rotatable bonds is 9. The zero-order valence-electron chi connectivity index (χ0n) is 22.1. The molecule has 3 heterocycles. The van der Waals surface area contributed by atoms with Gasteiger partial charge >= 0.3 is 6.09 Å². The molecule has 2 aromatic rings. The zero-order chi connectivity index (χ0) is 28.2. The Bertz CT molecular complexity index is 1270. The maximum Gasteiger partial charge on any atom is 0.405 e. The van der Waals surface area contributed by atoms with Crippen LogP contribution in [0.2, 0.25) is 0 Å². The minimum Gasteiger partial charge on any atom is -0.475 e. The first-order valence-electron chi connectivity index (χ1n) is 12.5. The molecule has 0 spiro atoms. The molecule has 2 aliphatic rings. The summed E-state index contributed by atoms with van der Waals surface area (Å²) >= 11 is 0. The van der Waals surface area contributed by atoms with Crippen molar-refractivity contribution < 1.29 is 28.7 Å². The van der Waals surface area contributed by atoms with Crippen molar-refractivity contribution in [1.82, 2.24) is 20.2 Å². The molecule has 206 valence electrons. The molecule has 39 heavy (non-hydrogen) atoms. The average Bonchev–Trinajstić information content (AvgIpc) is 3.15. The van der Waals surface area contributed by atoms with E-state index in [1.807, 2.05) is 30.3 Å². The molecule has 12 heteroatoms. The van der Waals surface area contributed by atoms with E-state index >= 15 is 0 Å². The lowest BCUT2D eigenvalue weighted by atomic mass is 9.73. The number of piperidine rings is 1. The van der Waals surface area contributed by atoms with E-state index in [2.05, 4.69) is 15.4 Å². The molecule has 2 aliphatic heterocycles. The van der Waals surface area contributed by atoms with Crippen molar-refractivity contribution in [3.05, 3.63) is 60.3 Å². The highest BCUT2D eigenvalue weighted by Gasteiger charge is 2.54. The number of fused-ring (bicyclic) bond motifs is 1. The summed E-state index contributed by atoms with van der Waals surface area (Å²) in [7, 11) is 1.61. The van der Waals surface area contributed by atoms with Crippen LogP contribution in [0.15, 0.2) is 59.8 Å². The number of carbonyl (C=O) groups is 4. The van der Waals surface area contributed by atoms with Gasteiger partial charge in [-0.05, 0) is 31.9 Å². The van der Waals surface area contributed by atoms with Gasteiger partial charge in [0.25, 0.3) is 11.8 Å². The fraction of sp³-hybridized carbons (Fsp3) is 0.407. The summed E-state index contributed by atoms with van der Waals surface area (Å²) in [5.41, 5.74) is 4.12. The van der Waals surface area contributed by atoms with Crippen molar-refractivity contribution in [1.29, 1.82) is 0 Å². The number of nitrogens with one attached hydrogen (secondary N) is 1. The number of ether oxygens (including phenoxy) is 2. The van der Waals surface area contributed by atoms with Gasteiger partial charge in [-0.15, -0.1) is 0 Å². The van der Waals surface area contributed by atoms with E-state index in [-0.39, 0.29) is 24.9 Å². The Kier molecular flexibility index (Phi) is 7.84. The van der Waals surface area contributed by atoms with E-state index in [0.29, 0.717) is 19.4 Å². The number of hydrazone groups is 1. The molecule has 12 nitrogen and oxygen atoms in total. The highest BCUT2D eigenvalue weighted by Crippen LogP contribution is 2.38. The molecule has 1 saturated heterocycles. The molecule has 0 aliphatic carbocycles. The second kappa shape index (κ2) is 11.1. The number of primary amides is 1. The Balaban J connectivity index is 1.59. The minimum atomic E-state index is -1.64. The summed E-state index contributed by atoms with van der Waals surface area (Å²) < 4.78 is 10.7. The maximum absolute atomic E-state index is 13.9. The van der Waals surface area contributed by atoms with Crippen molar-refractivity contribution in [3.8, 4) is 5.88 Å². The summed E-state index contributed by atoms with van der Waals surface area (Å²) in [6, 6.07) is 13.5. The lowest BCUT2D eigenvalue weighted by Gasteiger charge is -2.40. The average molecular weight is 537 g/mol. The first kappa shape index (κ1) is 27.6. The molecule has 0 bridgehead atoms. The van der Waals surface area contributed by atoms with Crippen LogP contribution in [-0.4, -0.2) is 82.8 Å². The van der Waals surface area contributed by atoms with Gasteiger partial charge in [0.1, 0.15) is 18.1 Å². The number of aromatic nitrogens is 1. The van der Waals surface area contributed by atoms with Crippen molar-refractivity contribution in [2.45, 2.75) is 38.3 Å². The SMILES string of the molecule is CN1N=C2CCN(C(=O)[C@@H](COc3ccccn3)NC(=O)C(C)(C)OC(N)=O)C[C@@]2(Cc2ccccc2)C1=O. The Morgan fingerprint density at radius 1 is 1.15 bits per heavy atom. The zero-order valence-corrected chi connectivity index (χ0v) is 22.1. The standard InChI is InChI=1S/C27H32N6O6/c1-26(2,39-25(28)37)23(35)30-19(16-38-21-11-7-8-13-29-21)22(34)33-14-12-20-27(17-33,24(36)32(3)31-20)15-18-9-5-4-6-10-18/h4-11,13,19H,12,14-17H2,1-3H3,(H2,28,37)(H,30,35)/t19-,27-/m1/s1. The van der Waals surface area contributed by atoms with Crippen molar-refractivity contribution >= 4 is 29.5 Å². The molecule has 4 amide bonds. The number of nitrogens with zero attached hydrogens (tertiary/aromatic N) is 4. The number of nitrogens with two attached hydrogens (primary N) is 1. The van der Waals surface area contributed by atoms with Gasteiger partial charge in [-0.25, -0.2) is 14.8 Å². The van der Waals surface area contributed by atoms with Gasteiger partial charge in [-0.2, -0.15) is 5.10 Å². The van der Waals surface area contributed by atoms with E-state index < -0.39 is 35.0 Å². The molecule has 0 saturated carbocycles. The number of benzene rings is 1. The molecule has 1 aromatic carbocycles. The van der Waals surface area contributed by atoms with E-state index in [4.69, 9.17) is 15.2 Å². The predicted octanol–water partition coefficient (Wildman–Crippen LogP) is 1.11. The highest BCUT2D eigenvalue weighted by molar-refractivity contribution is 6.13. The minimum absolute atomic E-state index is 0.0832. The van der Waals surface area contributed by atoms with Gasteiger partial charge in [0.05, 0.1) is 5.71 Å². The molecule has 3 N–H and O–H groups in total. The van der Waals surface area contributed by atoms with Crippen molar-refractivity contribution in [2.75, 3.05) is 26.7 Å². The van der Waals surface area contributed by atoms with Crippen LogP contribution in [0.5, 0.6) is 5.88 Å². The van der Waals surface area contributed by atoms with E-state index in [1.54, 1.807) is 30.1 Å². The third-order valence-corrected chi connectivity index (χ3v) is 6.81. The fourth-order valence-electron chi connectivity index (χ4n) is 4.84. The summed E-state index contributed by atoms with van der Waals surface area (Å²) in [6.07, 6.45) is 1.18. The molecule has 0 radical (unpaired) electrons. The van der Waals surface area contributed by atoms with Crippen LogP contribution in [0.25, 0.3) is 0 Å². The van der Waals surface area contributed by atoms with Gasteiger partial charge in [0.15, 0.2) is 5.60 Å². The van der Waals surface area contributed by atoms with Gasteiger partial charge in [-0.1, -0.05) is 36.4 Å². The summed E-state index contributed by atoms with van der Waals surface area (Å²) in [6.45, 7) is 2.86. The first-order chi connectivity index (χ1) is 18.5. The van der Waals surface area contributed by atoms with Gasteiger partial charge in [0, 0.05) is 38.8 Å². The van der Waals surface area contributed by atoms with E-state index in [0.717, 1.165) is 11.3 Å². The Morgan fingerprint density at radius 3 is 2.54 bits per heavy atom. The van der Waals surface area contributed by atoms with Crippen molar-refractivity contribution in [3.63, 3.8) is 0 Å². The predicted molar refractivity (Wildman–Crippen MR) is 140 cm³/mol. The second-order valence-corrected chi connectivity index (χ2v) is 10.1. The molecular formula is C27H32N6O6. The number of hydrogen-bond acceptors (Lipinski definition) is 8. The largest absolute Gasteiger partial charge is 0.475 e. The Morgan fingerprint density at radius 2 is 1.87 bits per heavy atom. The normalized spacial score (nSPS) is 19.6. The van der Waals surface area contributed by atoms with Crippen LogP contribution in [0.3, 0.4) is 0 Å². The van der Waals surface area contributed by atoms with Crippen LogP contribution < -0.4 is 15.8 Å². The lowest BCUT2D eigenvalue weighted by molar-refractivity contribution is -0.145. The number of amides is 4. The Labute approximate surface area is 226 Å². The second-order valence-electron chi connectivity index (χ2n) is 10.1. The summed E-state index contributed by atoms with van der Waals surface area (Å²) in [5, 5.41) is 8.45. The van der Waals surface area contributed by atoms with Gasteiger partial charge in [0.2, 0.25) is 11.8 Å². The molecule has 4 rings (SSSR count). The smallest absolute Gasteiger partial charge is 0.405 e. The topological polar surface area (TPSA) is 157 Å². The Hall–Kier alpha value is -4.48. The van der Waals surface area contributed by atoms with E-state index in [1.165, 1.54) is 25.1 Å². The lowest BCUT2D eigenvalue weighted by Crippen LogP contribution is -2.61. The highest BCUT2D eigenvalue weighted by atomic mass is 16.6. The molecule has 2 atom stereocenters. The van der Waals surface area contributed by atoms with Crippen LogP contribution in [0.1, 0.15) is 25.8 Å².